The fourth-order valence-corrected chi connectivity index (χ4v) is 5.12. The molecule has 0 saturated heterocycles. The topological polar surface area (TPSA) is 71.4 Å². The third-order valence-electron chi connectivity index (χ3n) is 6.60. The van der Waals surface area contributed by atoms with E-state index in [1.54, 1.807) is 31.5 Å². The van der Waals surface area contributed by atoms with Crippen molar-refractivity contribution >= 4 is 23.1 Å². The molecule has 2 aliphatic rings. The first-order chi connectivity index (χ1) is 16.5. The molecule has 2 heterocycles. The summed E-state index contributed by atoms with van der Waals surface area (Å²) in [6, 6.07) is 19.4. The number of benzene rings is 2. The van der Waals surface area contributed by atoms with Crippen molar-refractivity contribution in [2.24, 2.45) is 10.9 Å². The first-order valence-electron chi connectivity index (χ1n) is 11.3. The van der Waals surface area contributed by atoms with E-state index in [1.165, 1.54) is 18.2 Å². The van der Waals surface area contributed by atoms with Crippen LogP contribution in [0.2, 0.25) is 0 Å². The second-order valence-corrected chi connectivity index (χ2v) is 8.79. The lowest BCUT2D eigenvalue weighted by Crippen LogP contribution is -2.41. The molecule has 34 heavy (non-hydrogen) atoms. The van der Waals surface area contributed by atoms with Gasteiger partial charge in [0.2, 0.25) is 0 Å². The van der Waals surface area contributed by atoms with Crippen LogP contribution < -0.4 is 5.32 Å². The number of amides is 1. The van der Waals surface area contributed by atoms with Crippen molar-refractivity contribution in [3.8, 4) is 0 Å². The van der Waals surface area contributed by atoms with Gasteiger partial charge in [0, 0.05) is 47.4 Å². The Kier molecular flexibility index (Phi) is 5.88. The van der Waals surface area contributed by atoms with E-state index in [-0.39, 0.29) is 11.7 Å². The van der Waals surface area contributed by atoms with Gasteiger partial charge < -0.3 is 5.32 Å². The van der Waals surface area contributed by atoms with E-state index in [1.807, 2.05) is 36.4 Å². The van der Waals surface area contributed by atoms with Crippen LogP contribution in [0.3, 0.4) is 0 Å². The van der Waals surface area contributed by atoms with Crippen molar-refractivity contribution in [2.45, 2.75) is 31.6 Å². The van der Waals surface area contributed by atoms with Gasteiger partial charge in [0.25, 0.3) is 5.91 Å². The highest BCUT2D eigenvalue weighted by Crippen LogP contribution is 2.45. The maximum absolute atomic E-state index is 13.7. The Morgan fingerprint density at radius 1 is 0.971 bits per heavy atom. The number of halogens is 1. The van der Waals surface area contributed by atoms with Gasteiger partial charge in [-0.05, 0) is 54.7 Å². The van der Waals surface area contributed by atoms with Crippen molar-refractivity contribution in [3.05, 3.63) is 107 Å². The molecule has 0 unspecified atom stereocenters. The summed E-state index contributed by atoms with van der Waals surface area (Å²) < 4.78 is 13.7. The van der Waals surface area contributed by atoms with Crippen LogP contribution >= 0.6 is 0 Å². The summed E-state index contributed by atoms with van der Waals surface area (Å²) in [6.45, 7) is 1.80. The van der Waals surface area contributed by atoms with Gasteiger partial charge in [0.05, 0.1) is 5.92 Å². The number of pyridine rings is 1. The van der Waals surface area contributed by atoms with Gasteiger partial charge in [0.1, 0.15) is 11.6 Å². The number of aromatic nitrogens is 1. The quantitative estimate of drug-likeness (QED) is 0.572. The summed E-state index contributed by atoms with van der Waals surface area (Å²) >= 11 is 0. The Balaban J connectivity index is 1.56. The van der Waals surface area contributed by atoms with Crippen LogP contribution in [-0.4, -0.2) is 22.4 Å². The van der Waals surface area contributed by atoms with E-state index in [4.69, 9.17) is 4.99 Å². The maximum atomic E-state index is 13.7. The molecule has 1 aliphatic carbocycles. The molecule has 2 aromatic carbocycles. The van der Waals surface area contributed by atoms with Gasteiger partial charge in [-0.2, -0.15) is 0 Å². The second-order valence-electron chi connectivity index (χ2n) is 8.79. The number of nitrogens with zero attached hydrogens (tertiary/aromatic N) is 2. The predicted octanol–water partition coefficient (Wildman–Crippen LogP) is 5.43. The molecule has 1 aromatic heterocycles. The number of rotatable bonds is 4. The lowest BCUT2D eigenvalue weighted by Gasteiger charge is -2.38. The highest BCUT2D eigenvalue weighted by atomic mass is 19.1. The number of anilines is 1. The largest absolute Gasteiger partial charge is 0.322 e. The summed E-state index contributed by atoms with van der Waals surface area (Å²) in [5.74, 6) is -1.73. The third kappa shape index (κ3) is 4.19. The molecular weight excluding hydrogens is 429 g/mol. The summed E-state index contributed by atoms with van der Waals surface area (Å²) in [6.07, 6.45) is 4.42. The molecule has 1 saturated carbocycles. The molecule has 5 rings (SSSR count). The Morgan fingerprint density at radius 3 is 2.50 bits per heavy atom. The molecule has 1 fully saturated rings. The summed E-state index contributed by atoms with van der Waals surface area (Å²) in [7, 11) is 0. The Bertz CT molecular complexity index is 1300. The van der Waals surface area contributed by atoms with Gasteiger partial charge in [-0.15, -0.1) is 0 Å². The number of Topliss-reactive ketones (excluding diaryl/α,β-unsaturated/α-hetero) is 1. The number of carbonyl (C=O) groups is 2. The average Bonchev–Trinajstić information content (AvgIpc) is 2.84. The fraction of sp³-hybridized carbons (Fsp3) is 0.214. The van der Waals surface area contributed by atoms with Crippen LogP contribution in [0.5, 0.6) is 0 Å². The minimum atomic E-state index is -0.527. The number of fused-ring (bicyclic) bond motifs is 1. The van der Waals surface area contributed by atoms with Gasteiger partial charge in [0.15, 0.2) is 0 Å². The summed E-state index contributed by atoms with van der Waals surface area (Å²) in [5.41, 5.74) is 4.04. The molecular formula is C28H24FN3O2. The maximum Gasteiger partial charge on any atom is 0.254 e. The van der Waals surface area contributed by atoms with Crippen molar-refractivity contribution in [1.29, 1.82) is 0 Å². The monoisotopic (exact) mass is 453 g/mol. The summed E-state index contributed by atoms with van der Waals surface area (Å²) in [5, 5.41) is 2.79. The highest BCUT2D eigenvalue weighted by Gasteiger charge is 2.45. The molecule has 3 atom stereocenters. The lowest BCUT2D eigenvalue weighted by molar-refractivity contribution is -0.122. The standard InChI is InChI=1S/C28H24FN3O2/c1-17-25(28(34)32-22-11-5-10-21(29)15-22)26(19-9-6-12-30-16-19)27-23(31-17)13-20(14-24(27)33)18-7-3-2-4-8-18/h2-12,15-16,20,26-27H,13-14H2,1H3,(H,32,34)/t20-,26-,27-/m1/s1. The zero-order valence-corrected chi connectivity index (χ0v) is 18.7. The Hall–Kier alpha value is -3.93. The minimum absolute atomic E-state index is 0.0636. The third-order valence-corrected chi connectivity index (χ3v) is 6.60. The second kappa shape index (κ2) is 9.14. The number of carbonyl (C=O) groups excluding carboxylic acids is 2. The van der Waals surface area contributed by atoms with Crippen LogP contribution in [0.1, 0.15) is 42.7 Å². The molecule has 1 N–H and O–H groups in total. The lowest BCUT2D eigenvalue weighted by atomic mass is 9.66. The molecule has 0 radical (unpaired) electrons. The smallest absolute Gasteiger partial charge is 0.254 e. The number of allylic oxidation sites excluding steroid dienone is 1. The van der Waals surface area contributed by atoms with Crippen molar-refractivity contribution in [1.82, 2.24) is 4.98 Å². The molecule has 1 amide bonds. The Labute approximate surface area is 197 Å². The zero-order chi connectivity index (χ0) is 23.7. The van der Waals surface area contributed by atoms with Gasteiger partial charge in [-0.3, -0.25) is 19.6 Å². The zero-order valence-electron chi connectivity index (χ0n) is 18.7. The predicted molar refractivity (Wildman–Crippen MR) is 129 cm³/mol. The van der Waals surface area contributed by atoms with E-state index in [2.05, 4.69) is 10.3 Å². The number of hydrogen-bond donors (Lipinski definition) is 1. The number of hydrogen-bond acceptors (Lipinski definition) is 4. The molecule has 0 bridgehead atoms. The van der Waals surface area contributed by atoms with Crippen LogP contribution in [-0.2, 0) is 9.59 Å². The molecule has 5 nitrogen and oxygen atoms in total. The van der Waals surface area contributed by atoms with E-state index in [0.717, 1.165) is 16.8 Å². The average molecular weight is 454 g/mol. The minimum Gasteiger partial charge on any atom is -0.322 e. The molecule has 1 aliphatic heterocycles. The van der Waals surface area contributed by atoms with Crippen molar-refractivity contribution in [2.75, 3.05) is 5.32 Å². The van der Waals surface area contributed by atoms with Crippen LogP contribution in [0, 0.1) is 11.7 Å². The van der Waals surface area contributed by atoms with Crippen molar-refractivity contribution in [3.63, 3.8) is 0 Å². The number of ketones is 1. The Morgan fingerprint density at radius 2 is 1.76 bits per heavy atom. The van der Waals surface area contributed by atoms with Gasteiger partial charge in [-0.1, -0.05) is 42.5 Å². The number of aliphatic imine (C=N–C) groups is 1. The first-order valence-corrected chi connectivity index (χ1v) is 11.3. The molecule has 170 valence electrons. The van der Waals surface area contributed by atoms with E-state index in [9.17, 15) is 14.0 Å². The van der Waals surface area contributed by atoms with Crippen LogP contribution in [0.25, 0.3) is 0 Å². The van der Waals surface area contributed by atoms with Gasteiger partial charge in [-0.25, -0.2) is 4.39 Å². The first kappa shape index (κ1) is 21.9. The SMILES string of the molecule is CC1=C(C(=O)Nc2cccc(F)c2)[C@@H](c2cccnc2)[C@H]2C(=O)C[C@H](c3ccccc3)CC2=N1. The van der Waals surface area contributed by atoms with Crippen LogP contribution in [0.4, 0.5) is 10.1 Å². The van der Waals surface area contributed by atoms with Crippen molar-refractivity contribution < 1.29 is 14.0 Å². The molecule has 3 aromatic rings. The molecule has 0 spiro atoms. The van der Waals surface area contributed by atoms with Crippen LogP contribution in [0.15, 0.2) is 95.4 Å². The van der Waals surface area contributed by atoms with E-state index < -0.39 is 23.6 Å². The van der Waals surface area contributed by atoms with E-state index in [0.29, 0.717) is 29.8 Å². The van der Waals surface area contributed by atoms with E-state index >= 15 is 0 Å². The highest BCUT2D eigenvalue weighted by molar-refractivity contribution is 6.14. The number of nitrogens with one attached hydrogen (secondary N) is 1. The fourth-order valence-electron chi connectivity index (χ4n) is 5.12. The summed E-state index contributed by atoms with van der Waals surface area (Å²) in [4.78, 5) is 36.0. The van der Waals surface area contributed by atoms with Gasteiger partial charge >= 0.3 is 0 Å². The molecule has 6 heteroatoms. The normalized spacial score (nSPS) is 22.1.